The van der Waals surface area contributed by atoms with Gasteiger partial charge in [0, 0.05) is 17.2 Å². The van der Waals surface area contributed by atoms with Gasteiger partial charge in [0.2, 0.25) is 5.91 Å². The highest BCUT2D eigenvalue weighted by atomic mass is 79.9. The number of carbonyl (C=O) groups is 1. The molecule has 0 bridgehead atoms. The largest absolute Gasteiger partial charge is 0.350 e. The van der Waals surface area contributed by atoms with Crippen LogP contribution in [0.3, 0.4) is 0 Å². The maximum Gasteiger partial charge on any atom is 0.350 e. The Kier molecular flexibility index (Phi) is 3.61. The van der Waals surface area contributed by atoms with Crippen LogP contribution in [0.15, 0.2) is 40.3 Å². The number of aromatic nitrogens is 3. The molecule has 0 unspecified atom stereocenters. The lowest BCUT2D eigenvalue weighted by atomic mass is 10.5. The lowest BCUT2D eigenvalue weighted by Crippen LogP contribution is -2.33. The zero-order valence-electron chi connectivity index (χ0n) is 9.47. The highest BCUT2D eigenvalue weighted by Gasteiger charge is 2.09. The van der Waals surface area contributed by atoms with Crippen LogP contribution in [0.25, 0.3) is 5.65 Å². The van der Waals surface area contributed by atoms with Gasteiger partial charge in [-0.25, -0.2) is 9.48 Å². The summed E-state index contributed by atoms with van der Waals surface area (Å²) < 4.78 is 3.18. The topological polar surface area (TPSA) is 68.4 Å². The van der Waals surface area contributed by atoms with E-state index in [1.165, 1.54) is 4.40 Å². The van der Waals surface area contributed by atoms with E-state index in [-0.39, 0.29) is 18.1 Å². The predicted molar refractivity (Wildman–Crippen MR) is 70.5 cm³/mol. The van der Waals surface area contributed by atoms with Crippen molar-refractivity contribution in [3.05, 3.63) is 45.9 Å². The first-order valence-corrected chi connectivity index (χ1v) is 6.01. The van der Waals surface area contributed by atoms with Crippen molar-refractivity contribution in [2.75, 3.05) is 6.54 Å². The monoisotopic (exact) mass is 310 g/mol. The molecule has 1 amide bonds. The van der Waals surface area contributed by atoms with Crippen LogP contribution >= 0.6 is 15.9 Å². The van der Waals surface area contributed by atoms with Crippen LogP contribution in [0, 0.1) is 0 Å². The average Bonchev–Trinajstić information content (AvgIpc) is 2.65. The summed E-state index contributed by atoms with van der Waals surface area (Å²) in [6.45, 7) is 3.81. The molecule has 2 aromatic rings. The van der Waals surface area contributed by atoms with E-state index in [0.29, 0.717) is 16.7 Å². The molecule has 0 aliphatic carbocycles. The molecule has 2 rings (SSSR count). The molecule has 2 aromatic heterocycles. The van der Waals surface area contributed by atoms with E-state index in [0.717, 1.165) is 4.68 Å². The molecular weight excluding hydrogens is 300 g/mol. The first kappa shape index (κ1) is 12.6. The highest BCUT2D eigenvalue weighted by molar-refractivity contribution is 9.11. The summed E-state index contributed by atoms with van der Waals surface area (Å²) in [6.07, 6.45) is 1.61. The molecule has 0 saturated heterocycles. The SMILES string of the molecule is C=C(Br)CNC(=O)Cn1nc2ccccn2c1=O. The first-order valence-electron chi connectivity index (χ1n) is 5.22. The third-order valence-corrected chi connectivity index (χ3v) is 2.54. The fraction of sp³-hybridized carbons (Fsp3) is 0.182. The summed E-state index contributed by atoms with van der Waals surface area (Å²) in [4.78, 5) is 23.4. The Morgan fingerprint density at radius 2 is 2.28 bits per heavy atom. The molecule has 0 atom stereocenters. The molecule has 7 heteroatoms. The molecule has 0 aliphatic rings. The zero-order chi connectivity index (χ0) is 13.1. The summed E-state index contributed by atoms with van der Waals surface area (Å²) in [7, 11) is 0. The van der Waals surface area contributed by atoms with Gasteiger partial charge in [0.15, 0.2) is 5.65 Å². The van der Waals surface area contributed by atoms with Crippen molar-refractivity contribution in [2.24, 2.45) is 0 Å². The van der Waals surface area contributed by atoms with Gasteiger partial charge in [-0.05, 0) is 12.1 Å². The second-order valence-corrected chi connectivity index (χ2v) is 4.78. The molecule has 0 aromatic carbocycles. The van der Waals surface area contributed by atoms with Gasteiger partial charge in [-0.15, -0.1) is 5.10 Å². The highest BCUT2D eigenvalue weighted by Crippen LogP contribution is 1.97. The standard InChI is InChI=1S/C11H11BrN4O2/c1-8(12)6-13-10(17)7-16-11(18)15-5-3-2-4-9(15)14-16/h2-5H,1,6-7H2,(H,13,17). The molecule has 18 heavy (non-hydrogen) atoms. The Morgan fingerprint density at radius 1 is 1.50 bits per heavy atom. The van der Waals surface area contributed by atoms with Crippen molar-refractivity contribution < 1.29 is 4.79 Å². The predicted octanol–water partition coefficient (Wildman–Crippen LogP) is 0.521. The maximum absolute atomic E-state index is 11.9. The van der Waals surface area contributed by atoms with E-state index < -0.39 is 0 Å². The lowest BCUT2D eigenvalue weighted by molar-refractivity contribution is -0.121. The van der Waals surface area contributed by atoms with E-state index in [2.05, 4.69) is 32.9 Å². The normalized spacial score (nSPS) is 10.5. The van der Waals surface area contributed by atoms with Crippen LogP contribution in [-0.4, -0.2) is 26.6 Å². The second-order valence-electron chi connectivity index (χ2n) is 3.66. The van der Waals surface area contributed by atoms with Crippen molar-refractivity contribution in [3.8, 4) is 0 Å². The van der Waals surface area contributed by atoms with Crippen LogP contribution in [0.2, 0.25) is 0 Å². The molecule has 94 valence electrons. The smallest absolute Gasteiger partial charge is 0.350 e. The number of pyridine rings is 1. The van der Waals surface area contributed by atoms with Gasteiger partial charge in [0.1, 0.15) is 6.54 Å². The maximum atomic E-state index is 11.9. The summed E-state index contributed by atoms with van der Waals surface area (Å²) in [5, 5.41) is 6.66. The van der Waals surface area contributed by atoms with Crippen molar-refractivity contribution in [1.29, 1.82) is 0 Å². The van der Waals surface area contributed by atoms with E-state index >= 15 is 0 Å². The second kappa shape index (κ2) is 5.18. The summed E-state index contributed by atoms with van der Waals surface area (Å²) in [5.74, 6) is -0.291. The van der Waals surface area contributed by atoms with E-state index in [9.17, 15) is 9.59 Å². The molecule has 0 aliphatic heterocycles. The number of halogens is 1. The molecular formula is C11H11BrN4O2. The Hall–Kier alpha value is -1.89. The van der Waals surface area contributed by atoms with Crippen LogP contribution in [0.5, 0.6) is 0 Å². The number of nitrogens with one attached hydrogen (secondary N) is 1. The van der Waals surface area contributed by atoms with E-state index in [4.69, 9.17) is 0 Å². The molecule has 0 saturated carbocycles. The van der Waals surface area contributed by atoms with Crippen LogP contribution in [0.4, 0.5) is 0 Å². The van der Waals surface area contributed by atoms with Gasteiger partial charge in [0.05, 0.1) is 0 Å². The minimum atomic E-state index is -0.335. The minimum Gasteiger partial charge on any atom is -0.350 e. The van der Waals surface area contributed by atoms with Crippen LogP contribution in [0.1, 0.15) is 0 Å². The first-order chi connectivity index (χ1) is 8.58. The number of fused-ring (bicyclic) bond motifs is 1. The van der Waals surface area contributed by atoms with Gasteiger partial charge in [-0.1, -0.05) is 28.6 Å². The van der Waals surface area contributed by atoms with Crippen LogP contribution in [-0.2, 0) is 11.3 Å². The molecule has 2 heterocycles. The minimum absolute atomic E-state index is 0.110. The average molecular weight is 311 g/mol. The Labute approximate surface area is 111 Å². The summed E-state index contributed by atoms with van der Waals surface area (Å²) in [5.41, 5.74) is 0.179. The number of hydrogen-bond acceptors (Lipinski definition) is 3. The molecule has 6 nitrogen and oxygen atoms in total. The lowest BCUT2D eigenvalue weighted by Gasteiger charge is -2.02. The zero-order valence-corrected chi connectivity index (χ0v) is 11.1. The molecule has 1 N–H and O–H groups in total. The van der Waals surface area contributed by atoms with Crippen molar-refractivity contribution >= 4 is 27.5 Å². The third-order valence-electron chi connectivity index (χ3n) is 2.26. The molecule has 0 radical (unpaired) electrons. The summed E-state index contributed by atoms with van der Waals surface area (Å²) >= 11 is 3.13. The molecule has 0 spiro atoms. The van der Waals surface area contributed by atoms with Gasteiger partial charge in [-0.2, -0.15) is 0 Å². The fourth-order valence-electron chi connectivity index (χ4n) is 1.46. The van der Waals surface area contributed by atoms with E-state index in [1.54, 1.807) is 24.4 Å². The van der Waals surface area contributed by atoms with Crippen molar-refractivity contribution in [2.45, 2.75) is 6.54 Å². The van der Waals surface area contributed by atoms with Crippen molar-refractivity contribution in [1.82, 2.24) is 19.5 Å². The number of hydrogen-bond donors (Lipinski definition) is 1. The van der Waals surface area contributed by atoms with Gasteiger partial charge in [-0.3, -0.25) is 9.20 Å². The van der Waals surface area contributed by atoms with Gasteiger partial charge < -0.3 is 5.32 Å². The number of amides is 1. The number of carbonyl (C=O) groups excluding carboxylic acids is 1. The Morgan fingerprint density at radius 3 is 2.94 bits per heavy atom. The Balaban J connectivity index is 2.17. The van der Waals surface area contributed by atoms with Gasteiger partial charge >= 0.3 is 5.69 Å². The quantitative estimate of drug-likeness (QED) is 0.895. The summed E-state index contributed by atoms with van der Waals surface area (Å²) in [6, 6.07) is 5.21. The molecule has 0 fully saturated rings. The number of nitrogens with zero attached hydrogens (tertiary/aromatic N) is 3. The fourth-order valence-corrected chi connectivity index (χ4v) is 1.60. The van der Waals surface area contributed by atoms with E-state index in [1.807, 2.05) is 0 Å². The third kappa shape index (κ3) is 2.67. The Bertz CT molecular complexity index is 658. The van der Waals surface area contributed by atoms with Crippen LogP contribution < -0.4 is 11.0 Å². The van der Waals surface area contributed by atoms with Gasteiger partial charge in [0.25, 0.3) is 0 Å². The van der Waals surface area contributed by atoms with Crippen molar-refractivity contribution in [3.63, 3.8) is 0 Å². The number of rotatable bonds is 4.